The SMILES string of the molecule is Cc1ccccc1C(=O)NN=Cc1cccc(OCc2ccc(Cl)cc2)c1. The van der Waals surface area contributed by atoms with E-state index < -0.39 is 0 Å². The zero-order valence-corrected chi connectivity index (χ0v) is 15.6. The molecule has 0 fully saturated rings. The molecule has 4 nitrogen and oxygen atoms in total. The Labute approximate surface area is 163 Å². The maximum absolute atomic E-state index is 12.1. The number of nitrogens with one attached hydrogen (secondary N) is 1. The molecule has 0 aliphatic rings. The van der Waals surface area contributed by atoms with Gasteiger partial charge in [0.2, 0.25) is 0 Å². The van der Waals surface area contributed by atoms with Crippen molar-refractivity contribution < 1.29 is 9.53 Å². The highest BCUT2D eigenvalue weighted by Gasteiger charge is 2.06. The van der Waals surface area contributed by atoms with Gasteiger partial charge in [-0.1, -0.05) is 54.1 Å². The van der Waals surface area contributed by atoms with Gasteiger partial charge < -0.3 is 4.74 Å². The molecule has 0 aromatic heterocycles. The van der Waals surface area contributed by atoms with Gasteiger partial charge in [0.05, 0.1) is 6.21 Å². The monoisotopic (exact) mass is 378 g/mol. The van der Waals surface area contributed by atoms with Crippen molar-refractivity contribution in [1.82, 2.24) is 5.43 Å². The Hall–Kier alpha value is -3.11. The number of carbonyl (C=O) groups excluding carboxylic acids is 1. The van der Waals surface area contributed by atoms with Crippen molar-refractivity contribution in [3.8, 4) is 5.75 Å². The largest absolute Gasteiger partial charge is 0.489 e. The lowest BCUT2D eigenvalue weighted by Crippen LogP contribution is -2.18. The maximum Gasteiger partial charge on any atom is 0.271 e. The fourth-order valence-corrected chi connectivity index (χ4v) is 2.61. The third-order valence-electron chi connectivity index (χ3n) is 3.95. The van der Waals surface area contributed by atoms with Gasteiger partial charge in [0, 0.05) is 10.6 Å². The summed E-state index contributed by atoms with van der Waals surface area (Å²) in [5, 5.41) is 4.73. The summed E-state index contributed by atoms with van der Waals surface area (Å²) in [6.07, 6.45) is 1.59. The summed E-state index contributed by atoms with van der Waals surface area (Å²) in [7, 11) is 0. The third-order valence-corrected chi connectivity index (χ3v) is 4.20. The van der Waals surface area contributed by atoms with Crippen LogP contribution in [0.1, 0.15) is 27.0 Å². The van der Waals surface area contributed by atoms with Crippen LogP contribution in [0.4, 0.5) is 0 Å². The van der Waals surface area contributed by atoms with Crippen molar-refractivity contribution in [2.45, 2.75) is 13.5 Å². The van der Waals surface area contributed by atoms with Crippen LogP contribution in [0.3, 0.4) is 0 Å². The molecule has 0 bridgehead atoms. The minimum Gasteiger partial charge on any atom is -0.489 e. The van der Waals surface area contributed by atoms with E-state index in [1.165, 1.54) is 0 Å². The fourth-order valence-electron chi connectivity index (χ4n) is 2.49. The van der Waals surface area contributed by atoms with E-state index in [1.807, 2.05) is 73.7 Å². The van der Waals surface area contributed by atoms with Crippen LogP contribution in [0.25, 0.3) is 0 Å². The van der Waals surface area contributed by atoms with Gasteiger partial charge in [-0.25, -0.2) is 5.43 Å². The lowest BCUT2D eigenvalue weighted by Gasteiger charge is -2.07. The number of aryl methyl sites for hydroxylation is 1. The molecule has 27 heavy (non-hydrogen) atoms. The Balaban J connectivity index is 1.58. The summed E-state index contributed by atoms with van der Waals surface area (Å²) >= 11 is 5.88. The Kier molecular flexibility index (Phi) is 6.23. The summed E-state index contributed by atoms with van der Waals surface area (Å²) in [5.41, 5.74) is 5.92. The number of halogens is 1. The summed E-state index contributed by atoms with van der Waals surface area (Å²) in [4.78, 5) is 12.1. The van der Waals surface area contributed by atoms with Gasteiger partial charge in [-0.05, 0) is 53.9 Å². The highest BCUT2D eigenvalue weighted by atomic mass is 35.5. The number of hydrogen-bond acceptors (Lipinski definition) is 3. The first-order chi connectivity index (χ1) is 13.1. The summed E-state index contributed by atoms with van der Waals surface area (Å²) < 4.78 is 5.79. The molecule has 3 rings (SSSR count). The first kappa shape index (κ1) is 18.7. The molecule has 3 aromatic rings. The second-order valence-corrected chi connectivity index (χ2v) is 6.44. The molecule has 3 aromatic carbocycles. The van der Waals surface area contributed by atoms with Crippen molar-refractivity contribution in [3.63, 3.8) is 0 Å². The second kappa shape index (κ2) is 9.01. The van der Waals surface area contributed by atoms with E-state index in [1.54, 1.807) is 12.3 Å². The van der Waals surface area contributed by atoms with Crippen LogP contribution in [0.2, 0.25) is 5.02 Å². The van der Waals surface area contributed by atoms with E-state index in [4.69, 9.17) is 16.3 Å². The third kappa shape index (κ3) is 5.43. The van der Waals surface area contributed by atoms with Crippen LogP contribution in [-0.2, 0) is 6.61 Å². The van der Waals surface area contributed by atoms with Gasteiger partial charge in [-0.15, -0.1) is 0 Å². The number of carbonyl (C=O) groups is 1. The molecule has 0 spiro atoms. The fraction of sp³-hybridized carbons (Fsp3) is 0.0909. The van der Waals surface area contributed by atoms with E-state index in [0.717, 1.165) is 22.4 Å². The zero-order valence-electron chi connectivity index (χ0n) is 14.9. The Bertz CT molecular complexity index is 953. The number of amides is 1. The first-order valence-corrected chi connectivity index (χ1v) is 8.86. The molecule has 1 N–H and O–H groups in total. The number of hydrazone groups is 1. The Morgan fingerprint density at radius 1 is 1.07 bits per heavy atom. The van der Waals surface area contributed by atoms with Crippen LogP contribution in [-0.4, -0.2) is 12.1 Å². The minimum absolute atomic E-state index is 0.237. The molecule has 5 heteroatoms. The van der Waals surface area contributed by atoms with Crippen LogP contribution in [0.15, 0.2) is 77.9 Å². The minimum atomic E-state index is -0.237. The van der Waals surface area contributed by atoms with Gasteiger partial charge in [-0.3, -0.25) is 4.79 Å². The molecule has 0 radical (unpaired) electrons. The average Bonchev–Trinajstić information content (AvgIpc) is 2.68. The van der Waals surface area contributed by atoms with Gasteiger partial charge in [-0.2, -0.15) is 5.10 Å². The van der Waals surface area contributed by atoms with Crippen molar-refractivity contribution in [2.75, 3.05) is 0 Å². The average molecular weight is 379 g/mol. The van der Waals surface area contributed by atoms with Crippen LogP contribution < -0.4 is 10.2 Å². The highest BCUT2D eigenvalue weighted by Crippen LogP contribution is 2.16. The molecular formula is C22H19ClN2O2. The van der Waals surface area contributed by atoms with E-state index in [0.29, 0.717) is 17.2 Å². The van der Waals surface area contributed by atoms with E-state index in [2.05, 4.69) is 10.5 Å². The number of hydrogen-bond donors (Lipinski definition) is 1. The summed E-state index contributed by atoms with van der Waals surface area (Å²) in [5.74, 6) is 0.485. The van der Waals surface area contributed by atoms with Crippen LogP contribution in [0.5, 0.6) is 5.75 Å². The topological polar surface area (TPSA) is 50.7 Å². The lowest BCUT2D eigenvalue weighted by atomic mass is 10.1. The van der Waals surface area contributed by atoms with Crippen molar-refractivity contribution in [2.24, 2.45) is 5.10 Å². The normalized spacial score (nSPS) is 10.7. The predicted octanol–water partition coefficient (Wildman–Crippen LogP) is 4.99. The van der Waals surface area contributed by atoms with Gasteiger partial charge in [0.25, 0.3) is 5.91 Å². The van der Waals surface area contributed by atoms with E-state index >= 15 is 0 Å². The van der Waals surface area contributed by atoms with Crippen LogP contribution in [0, 0.1) is 6.92 Å². The molecule has 0 aliphatic heterocycles. The molecule has 0 saturated carbocycles. The van der Waals surface area contributed by atoms with Crippen LogP contribution >= 0.6 is 11.6 Å². The zero-order chi connectivity index (χ0) is 19.1. The molecular weight excluding hydrogens is 360 g/mol. The van der Waals surface area contributed by atoms with E-state index in [9.17, 15) is 4.79 Å². The number of nitrogens with zero attached hydrogens (tertiary/aromatic N) is 1. The van der Waals surface area contributed by atoms with Gasteiger partial charge in [0.15, 0.2) is 0 Å². The lowest BCUT2D eigenvalue weighted by molar-refractivity contribution is 0.0954. The summed E-state index contributed by atoms with van der Waals surface area (Å²) in [6.45, 7) is 2.34. The van der Waals surface area contributed by atoms with Gasteiger partial charge >= 0.3 is 0 Å². The number of ether oxygens (including phenoxy) is 1. The molecule has 0 aliphatic carbocycles. The molecule has 0 heterocycles. The molecule has 0 saturated heterocycles. The summed E-state index contributed by atoms with van der Waals surface area (Å²) in [6, 6.07) is 22.4. The van der Waals surface area contributed by atoms with Crippen molar-refractivity contribution >= 4 is 23.7 Å². The smallest absolute Gasteiger partial charge is 0.271 e. The van der Waals surface area contributed by atoms with E-state index in [-0.39, 0.29) is 5.91 Å². The Morgan fingerprint density at radius 2 is 1.85 bits per heavy atom. The van der Waals surface area contributed by atoms with Gasteiger partial charge in [0.1, 0.15) is 12.4 Å². The van der Waals surface area contributed by atoms with Crippen molar-refractivity contribution in [3.05, 3.63) is 100 Å². The predicted molar refractivity (Wildman–Crippen MR) is 108 cm³/mol. The first-order valence-electron chi connectivity index (χ1n) is 8.48. The molecule has 1 amide bonds. The number of benzene rings is 3. The standard InChI is InChI=1S/C22H19ClN2O2/c1-16-5-2-3-8-21(16)22(26)25-24-14-18-6-4-7-20(13-18)27-15-17-9-11-19(23)12-10-17/h2-14H,15H2,1H3,(H,25,26). The highest BCUT2D eigenvalue weighted by molar-refractivity contribution is 6.30. The second-order valence-electron chi connectivity index (χ2n) is 6.00. The van der Waals surface area contributed by atoms with Crippen molar-refractivity contribution in [1.29, 1.82) is 0 Å². The Morgan fingerprint density at radius 3 is 2.63 bits per heavy atom. The number of rotatable bonds is 6. The molecule has 136 valence electrons. The molecule has 0 unspecified atom stereocenters. The molecule has 0 atom stereocenters. The maximum atomic E-state index is 12.1. The quantitative estimate of drug-likeness (QED) is 0.485.